The molecule has 0 saturated heterocycles. The van der Waals surface area contributed by atoms with Crippen LogP contribution in [0.3, 0.4) is 0 Å². The van der Waals surface area contributed by atoms with E-state index in [0.29, 0.717) is 13.2 Å². The van der Waals surface area contributed by atoms with E-state index >= 15 is 0 Å². The molecule has 0 bridgehead atoms. The number of ether oxygens (including phenoxy) is 1. The van der Waals surface area contributed by atoms with Crippen molar-refractivity contribution in [1.29, 1.82) is 0 Å². The van der Waals surface area contributed by atoms with Crippen LogP contribution in [0.25, 0.3) is 11.1 Å². The first-order chi connectivity index (χ1) is 11.7. The van der Waals surface area contributed by atoms with E-state index in [2.05, 4.69) is 18.0 Å². The van der Waals surface area contributed by atoms with Crippen LogP contribution in [0.2, 0.25) is 0 Å². The molecule has 0 atom stereocenters. The summed E-state index contributed by atoms with van der Waals surface area (Å²) in [6.07, 6.45) is 7.91. The highest BCUT2D eigenvalue weighted by Gasteiger charge is 2.06. The van der Waals surface area contributed by atoms with Gasteiger partial charge in [0.15, 0.2) is 0 Å². The molecule has 128 valence electrons. The molecule has 0 amide bonds. The van der Waals surface area contributed by atoms with Gasteiger partial charge in [0.2, 0.25) is 0 Å². The number of rotatable bonds is 6. The molecule has 0 aliphatic rings. The van der Waals surface area contributed by atoms with Crippen LogP contribution in [0.5, 0.6) is 5.75 Å². The summed E-state index contributed by atoms with van der Waals surface area (Å²) in [5.41, 5.74) is 9.71. The lowest BCUT2D eigenvalue weighted by molar-refractivity contribution is 0.353. The van der Waals surface area contributed by atoms with Crippen LogP contribution < -0.4 is 10.5 Å². The monoisotopic (exact) mass is 324 g/mol. The van der Waals surface area contributed by atoms with Gasteiger partial charge in [-0.05, 0) is 31.6 Å². The quantitative estimate of drug-likeness (QED) is 0.749. The van der Waals surface area contributed by atoms with Gasteiger partial charge in [-0.3, -0.25) is 4.98 Å². The van der Waals surface area contributed by atoms with Gasteiger partial charge in [0.1, 0.15) is 12.4 Å². The van der Waals surface area contributed by atoms with Gasteiger partial charge in [-0.2, -0.15) is 0 Å². The second kappa shape index (κ2) is 11.2. The smallest absolute Gasteiger partial charge is 0.127 e. The molecule has 0 radical (unpaired) electrons. The Hall–Kier alpha value is -2.39. The minimum atomic E-state index is 0.452. The maximum Gasteiger partial charge on any atom is 0.127 e. The van der Waals surface area contributed by atoms with Crippen molar-refractivity contribution in [3.63, 3.8) is 0 Å². The van der Waals surface area contributed by atoms with E-state index in [0.717, 1.165) is 22.6 Å². The van der Waals surface area contributed by atoms with E-state index in [1.165, 1.54) is 5.57 Å². The van der Waals surface area contributed by atoms with Crippen LogP contribution in [-0.4, -0.2) is 11.6 Å². The summed E-state index contributed by atoms with van der Waals surface area (Å²) in [4.78, 5) is 4.35. The zero-order chi connectivity index (χ0) is 17.8. The molecule has 1 heterocycles. The van der Waals surface area contributed by atoms with Crippen molar-refractivity contribution in [1.82, 2.24) is 4.98 Å². The van der Waals surface area contributed by atoms with Crippen molar-refractivity contribution in [2.45, 2.75) is 34.2 Å². The molecule has 2 N–H and O–H groups in total. The van der Waals surface area contributed by atoms with Crippen molar-refractivity contribution < 1.29 is 4.74 Å². The Morgan fingerprint density at radius 1 is 1.17 bits per heavy atom. The number of pyridine rings is 1. The number of nitrogens with two attached hydrogens (primary N) is 1. The van der Waals surface area contributed by atoms with Gasteiger partial charge in [-0.1, -0.05) is 56.3 Å². The fourth-order valence-electron chi connectivity index (χ4n) is 2.04. The number of hydrogen-bond acceptors (Lipinski definition) is 3. The van der Waals surface area contributed by atoms with E-state index in [-0.39, 0.29) is 0 Å². The predicted octanol–water partition coefficient (Wildman–Crippen LogP) is 5.13. The van der Waals surface area contributed by atoms with Gasteiger partial charge in [0.05, 0.1) is 5.69 Å². The summed E-state index contributed by atoms with van der Waals surface area (Å²) in [6.45, 7) is 9.07. The second-order valence-corrected chi connectivity index (χ2v) is 5.07. The number of hydrogen-bond donors (Lipinski definition) is 1. The van der Waals surface area contributed by atoms with Gasteiger partial charge in [-0.15, -0.1) is 0 Å². The Kier molecular flexibility index (Phi) is 9.17. The summed E-state index contributed by atoms with van der Waals surface area (Å²) >= 11 is 0. The Balaban J connectivity index is 0.00000139. The molecule has 24 heavy (non-hydrogen) atoms. The van der Waals surface area contributed by atoms with Crippen molar-refractivity contribution in [3.05, 3.63) is 72.1 Å². The van der Waals surface area contributed by atoms with Gasteiger partial charge in [-0.25, -0.2) is 0 Å². The third-order valence-electron chi connectivity index (χ3n) is 3.26. The molecule has 2 rings (SSSR count). The first kappa shape index (κ1) is 19.7. The number of benzene rings is 1. The van der Waals surface area contributed by atoms with E-state index in [4.69, 9.17) is 10.5 Å². The van der Waals surface area contributed by atoms with Crippen molar-refractivity contribution in [3.8, 4) is 16.9 Å². The Morgan fingerprint density at radius 3 is 2.54 bits per heavy atom. The molecular weight excluding hydrogens is 296 g/mol. The summed E-state index contributed by atoms with van der Waals surface area (Å²) in [7, 11) is 0. The molecule has 0 spiro atoms. The minimum Gasteiger partial charge on any atom is -0.489 e. The lowest BCUT2D eigenvalue weighted by Gasteiger charge is -2.12. The van der Waals surface area contributed by atoms with Crippen LogP contribution in [0.1, 0.15) is 33.4 Å². The zero-order valence-corrected chi connectivity index (χ0v) is 15.1. The maximum atomic E-state index is 5.95. The van der Waals surface area contributed by atoms with Gasteiger partial charge < -0.3 is 10.5 Å². The molecule has 0 aliphatic heterocycles. The van der Waals surface area contributed by atoms with Gasteiger partial charge in [0.25, 0.3) is 0 Å². The summed E-state index contributed by atoms with van der Waals surface area (Å²) < 4.78 is 5.95. The third-order valence-corrected chi connectivity index (χ3v) is 3.26. The Bertz CT molecular complexity index is 658. The predicted molar refractivity (Wildman–Crippen MR) is 103 cm³/mol. The van der Waals surface area contributed by atoms with E-state index in [1.807, 2.05) is 75.5 Å². The molecule has 0 aliphatic carbocycles. The van der Waals surface area contributed by atoms with Gasteiger partial charge >= 0.3 is 0 Å². The Labute approximate surface area is 145 Å². The topological polar surface area (TPSA) is 48.1 Å². The third kappa shape index (κ3) is 6.01. The van der Waals surface area contributed by atoms with Crippen LogP contribution in [0, 0.1) is 0 Å². The summed E-state index contributed by atoms with van der Waals surface area (Å²) in [5, 5.41) is 0. The van der Waals surface area contributed by atoms with Crippen LogP contribution >= 0.6 is 0 Å². The van der Waals surface area contributed by atoms with E-state index < -0.39 is 0 Å². The van der Waals surface area contributed by atoms with Crippen LogP contribution in [0.4, 0.5) is 0 Å². The summed E-state index contributed by atoms with van der Waals surface area (Å²) in [5.74, 6) is 0.859. The fraction of sp³-hybridized carbons (Fsp3) is 0.286. The normalized spacial score (nSPS) is 11.1. The first-order valence-electron chi connectivity index (χ1n) is 8.40. The molecule has 1 aromatic heterocycles. The number of allylic oxidation sites excluding steroid dienone is 3. The highest BCUT2D eigenvalue weighted by atomic mass is 16.5. The van der Waals surface area contributed by atoms with Crippen molar-refractivity contribution in [2.75, 3.05) is 6.61 Å². The molecule has 3 heteroatoms. The average molecular weight is 324 g/mol. The fourth-order valence-corrected chi connectivity index (χ4v) is 2.04. The molecule has 0 fully saturated rings. The SMILES string of the molecule is C/C=C\C=C(/C)COc1ccccc1-c1ccc(CN)nc1.CC. The van der Waals surface area contributed by atoms with E-state index in [9.17, 15) is 0 Å². The van der Waals surface area contributed by atoms with E-state index in [1.54, 1.807) is 0 Å². The molecule has 0 saturated carbocycles. The second-order valence-electron chi connectivity index (χ2n) is 5.07. The lowest BCUT2D eigenvalue weighted by Crippen LogP contribution is -2.01. The number of para-hydroxylation sites is 1. The highest BCUT2D eigenvalue weighted by molar-refractivity contribution is 5.69. The maximum absolute atomic E-state index is 5.95. The van der Waals surface area contributed by atoms with Crippen molar-refractivity contribution in [2.24, 2.45) is 5.73 Å². The Morgan fingerprint density at radius 2 is 1.92 bits per heavy atom. The lowest BCUT2D eigenvalue weighted by atomic mass is 10.1. The minimum absolute atomic E-state index is 0.452. The number of aromatic nitrogens is 1. The summed E-state index contributed by atoms with van der Waals surface area (Å²) in [6, 6.07) is 12.0. The van der Waals surface area contributed by atoms with Crippen LogP contribution in [-0.2, 0) is 6.54 Å². The zero-order valence-electron chi connectivity index (χ0n) is 15.1. The van der Waals surface area contributed by atoms with Crippen LogP contribution in [0.15, 0.2) is 66.4 Å². The molecule has 1 aromatic carbocycles. The molecule has 0 unspecified atom stereocenters. The largest absolute Gasteiger partial charge is 0.489 e. The molecule has 2 aromatic rings. The average Bonchev–Trinajstić information content (AvgIpc) is 2.66. The number of nitrogens with zero attached hydrogens (tertiary/aromatic N) is 1. The standard InChI is InChI=1S/C19H22N2O.C2H6/c1-3-4-7-15(2)14-22-19-9-6-5-8-18(19)16-10-11-17(12-20)21-13-16;1-2/h3-11,13H,12,14,20H2,1-2H3;1-2H3/b4-3-,15-7+;. The van der Waals surface area contributed by atoms with Crippen molar-refractivity contribution >= 4 is 0 Å². The highest BCUT2D eigenvalue weighted by Crippen LogP contribution is 2.29. The first-order valence-corrected chi connectivity index (χ1v) is 8.40. The molecule has 3 nitrogen and oxygen atoms in total. The van der Waals surface area contributed by atoms with Gasteiger partial charge in [0, 0.05) is 23.9 Å². The molecular formula is C21H28N2O.